The molecule has 2 spiro atoms. The molecule has 4 amide bonds. The summed E-state index contributed by atoms with van der Waals surface area (Å²) in [6.45, 7) is 3.61. The fourth-order valence-corrected chi connectivity index (χ4v) is 6.63. The Morgan fingerprint density at radius 3 is 1.68 bits per heavy atom. The average molecular weight is 510 g/mol. The van der Waals surface area contributed by atoms with Crippen molar-refractivity contribution in [1.29, 1.82) is 5.26 Å². The maximum absolute atomic E-state index is 11.5. The molecule has 9 heteroatoms. The Labute approximate surface area is 221 Å². The molecule has 0 bridgehead atoms. The van der Waals surface area contributed by atoms with Gasteiger partial charge in [-0.1, -0.05) is 29.8 Å². The van der Waals surface area contributed by atoms with Gasteiger partial charge in [0.05, 0.1) is 17.1 Å². The van der Waals surface area contributed by atoms with Crippen molar-refractivity contribution in [1.82, 2.24) is 31.1 Å². The van der Waals surface area contributed by atoms with Gasteiger partial charge < -0.3 is 21.3 Å². The Bertz CT molecular complexity index is 1040. The van der Waals surface area contributed by atoms with Gasteiger partial charge in [0.25, 0.3) is 0 Å². The van der Waals surface area contributed by atoms with Gasteiger partial charge in [0, 0.05) is 18.6 Å². The number of nitrogens with zero attached hydrogens (tertiary/aromatic N) is 3. The number of rotatable bonds is 3. The van der Waals surface area contributed by atoms with Gasteiger partial charge in [-0.05, 0) is 92.0 Å². The molecule has 2 heterocycles. The van der Waals surface area contributed by atoms with Crippen molar-refractivity contribution in [2.75, 3.05) is 41.3 Å². The molecule has 4 aliphatic rings. The number of hydrogen-bond donors (Lipinski definition) is 4. The summed E-state index contributed by atoms with van der Waals surface area (Å²) in [5, 5.41) is 21.2. The summed E-state index contributed by atoms with van der Waals surface area (Å²) in [6.07, 6.45) is 7.58. The highest BCUT2D eigenvalue weighted by Crippen LogP contribution is 2.45. The number of carbonyl (C=O) groups is 2. The van der Waals surface area contributed by atoms with Gasteiger partial charge in [0.2, 0.25) is 0 Å². The monoisotopic (exact) mass is 509 g/mol. The zero-order chi connectivity index (χ0) is 26.9. The van der Waals surface area contributed by atoms with Gasteiger partial charge in [-0.15, -0.1) is 0 Å². The van der Waals surface area contributed by atoms with Crippen LogP contribution in [0, 0.1) is 18.3 Å². The Morgan fingerprint density at radius 2 is 1.30 bits per heavy atom. The Morgan fingerprint density at radius 1 is 0.784 bits per heavy atom. The highest BCUT2D eigenvalue weighted by molar-refractivity contribution is 5.78. The zero-order valence-electron chi connectivity index (χ0n) is 23.0. The van der Waals surface area contributed by atoms with E-state index in [0.29, 0.717) is 6.54 Å². The van der Waals surface area contributed by atoms with E-state index in [1.807, 2.05) is 19.0 Å². The second-order valence-electron chi connectivity index (χ2n) is 12.0. The van der Waals surface area contributed by atoms with Crippen LogP contribution >= 0.6 is 0 Å². The lowest BCUT2D eigenvalue weighted by atomic mass is 9.68. The molecule has 4 fully saturated rings. The maximum atomic E-state index is 11.5. The van der Waals surface area contributed by atoms with Gasteiger partial charge in [-0.3, -0.25) is 9.80 Å². The van der Waals surface area contributed by atoms with Gasteiger partial charge >= 0.3 is 12.1 Å². The lowest BCUT2D eigenvalue weighted by molar-refractivity contribution is 0.0652. The van der Waals surface area contributed by atoms with Crippen LogP contribution in [0.15, 0.2) is 24.3 Å². The van der Waals surface area contributed by atoms with E-state index < -0.39 is 0 Å². The number of nitrogens with one attached hydrogen (secondary N) is 4. The van der Waals surface area contributed by atoms with E-state index in [2.05, 4.69) is 77.5 Å². The van der Waals surface area contributed by atoms with Crippen LogP contribution in [0.3, 0.4) is 0 Å². The maximum Gasteiger partial charge on any atom is 0.315 e. The zero-order valence-corrected chi connectivity index (χ0v) is 23.0. The van der Waals surface area contributed by atoms with Crippen LogP contribution in [0.4, 0.5) is 9.59 Å². The smallest absolute Gasteiger partial charge is 0.315 e. The van der Waals surface area contributed by atoms with Crippen LogP contribution in [-0.2, 0) is 5.54 Å². The lowest BCUT2D eigenvalue weighted by Crippen LogP contribution is -2.54. The molecule has 37 heavy (non-hydrogen) atoms. The summed E-state index contributed by atoms with van der Waals surface area (Å²) < 4.78 is 0. The van der Waals surface area contributed by atoms with Gasteiger partial charge in [-0.25, -0.2) is 9.59 Å². The lowest BCUT2D eigenvalue weighted by Gasteiger charge is -2.48. The molecule has 0 atom stereocenters. The van der Waals surface area contributed by atoms with Crippen molar-refractivity contribution >= 4 is 12.1 Å². The van der Waals surface area contributed by atoms with Crippen LogP contribution < -0.4 is 21.3 Å². The number of amides is 4. The van der Waals surface area contributed by atoms with Gasteiger partial charge in [0.15, 0.2) is 0 Å². The fourth-order valence-electron chi connectivity index (χ4n) is 6.63. The van der Waals surface area contributed by atoms with E-state index in [4.69, 9.17) is 0 Å². The van der Waals surface area contributed by atoms with E-state index >= 15 is 0 Å². The molecule has 4 N–H and O–H groups in total. The molecule has 9 nitrogen and oxygen atoms in total. The average Bonchev–Trinajstić information content (AvgIpc) is 3.42. The summed E-state index contributed by atoms with van der Waals surface area (Å²) in [6, 6.07) is 11.2. The number of aryl methyl sites for hydroxylation is 1. The molecule has 0 unspecified atom stereocenters. The molecule has 0 aromatic heterocycles. The molecule has 2 aliphatic carbocycles. The van der Waals surface area contributed by atoms with Crippen LogP contribution in [0.2, 0.25) is 0 Å². The predicted octanol–water partition coefficient (Wildman–Crippen LogP) is 2.81. The summed E-state index contributed by atoms with van der Waals surface area (Å²) in [4.78, 5) is 27.0. The third-order valence-electron chi connectivity index (χ3n) is 9.48. The quantitative estimate of drug-likeness (QED) is 0.501. The van der Waals surface area contributed by atoms with Crippen molar-refractivity contribution in [3.8, 4) is 6.07 Å². The van der Waals surface area contributed by atoms with Crippen molar-refractivity contribution in [3.63, 3.8) is 0 Å². The molecule has 2 aliphatic heterocycles. The van der Waals surface area contributed by atoms with E-state index in [1.54, 1.807) is 0 Å². The minimum atomic E-state index is -0.349. The molecule has 0 radical (unpaired) electrons. The van der Waals surface area contributed by atoms with Crippen molar-refractivity contribution < 1.29 is 9.59 Å². The number of carbonyl (C=O) groups excluding carboxylic acids is 2. The molecule has 1 aromatic rings. The first-order valence-electron chi connectivity index (χ1n) is 13.4. The largest absolute Gasteiger partial charge is 0.336 e. The predicted molar refractivity (Wildman–Crippen MR) is 144 cm³/mol. The third kappa shape index (κ3) is 5.27. The van der Waals surface area contributed by atoms with E-state index in [9.17, 15) is 14.9 Å². The topological polar surface area (TPSA) is 113 Å². The molecule has 1 aromatic carbocycles. The molecular formula is C28H43N7O2. The van der Waals surface area contributed by atoms with Crippen molar-refractivity contribution in [2.24, 2.45) is 0 Å². The SMILES string of the molecule is CN(C)C1(C#N)CCC2(CC1)CNC(=O)N2.Cc1cccc(C2(N(C)C)CCC3(CC2)CNC(=O)N3)c1. The first-order valence-corrected chi connectivity index (χ1v) is 13.4. The van der Waals surface area contributed by atoms with Gasteiger partial charge in [-0.2, -0.15) is 5.26 Å². The Hall–Kier alpha value is -2.83. The van der Waals surface area contributed by atoms with Gasteiger partial charge in [0.1, 0.15) is 5.54 Å². The van der Waals surface area contributed by atoms with E-state index in [1.165, 1.54) is 11.1 Å². The molecule has 2 saturated carbocycles. The second-order valence-corrected chi connectivity index (χ2v) is 12.0. The Balaban J connectivity index is 0.000000180. The highest BCUT2D eigenvalue weighted by atomic mass is 16.2. The first kappa shape index (κ1) is 27.2. The molecular weight excluding hydrogens is 466 g/mol. The number of urea groups is 2. The van der Waals surface area contributed by atoms with E-state index in [0.717, 1.165) is 57.9 Å². The molecule has 2 saturated heterocycles. The summed E-state index contributed by atoms with van der Waals surface area (Å²) >= 11 is 0. The summed E-state index contributed by atoms with van der Waals surface area (Å²) in [7, 11) is 8.25. The fraction of sp³-hybridized carbons (Fsp3) is 0.679. The normalized spacial score (nSPS) is 34.9. The number of hydrogen-bond acceptors (Lipinski definition) is 5. The minimum absolute atomic E-state index is 0.0112. The second kappa shape index (κ2) is 10.1. The molecule has 5 rings (SSSR count). The highest BCUT2D eigenvalue weighted by Gasteiger charge is 2.48. The van der Waals surface area contributed by atoms with Crippen LogP contribution in [0.1, 0.15) is 62.5 Å². The van der Waals surface area contributed by atoms with Crippen molar-refractivity contribution in [2.45, 2.75) is 80.4 Å². The summed E-state index contributed by atoms with van der Waals surface area (Å²) in [5.74, 6) is 0. The van der Waals surface area contributed by atoms with Crippen LogP contribution in [0.25, 0.3) is 0 Å². The number of nitriles is 1. The summed E-state index contributed by atoms with van der Waals surface area (Å²) in [5.41, 5.74) is 2.32. The standard InChI is InChI=1S/C17H25N3O.C11H18N4O/c1-13-5-4-6-14(11-13)17(20(2)3)9-7-16(8-10-17)12-18-15(21)19-16;1-15(2)11(7-12)5-3-10(4-6-11)8-13-9(16)14-10/h4-6,11H,7-10,12H2,1-3H3,(H2,18,19,21);3-6,8H2,1-2H3,(H2,13,14,16). The molecule has 202 valence electrons. The van der Waals surface area contributed by atoms with Crippen molar-refractivity contribution in [3.05, 3.63) is 35.4 Å². The van der Waals surface area contributed by atoms with E-state index in [-0.39, 0.29) is 34.2 Å². The first-order chi connectivity index (χ1) is 17.5. The van der Waals surface area contributed by atoms with Crippen LogP contribution in [0.5, 0.6) is 0 Å². The number of benzene rings is 1. The van der Waals surface area contributed by atoms with Crippen LogP contribution in [-0.4, -0.2) is 79.8 Å². The minimum Gasteiger partial charge on any atom is -0.336 e. The third-order valence-corrected chi connectivity index (χ3v) is 9.48. The Kier molecular flexibility index (Phi) is 7.46.